The van der Waals surface area contributed by atoms with Crippen LogP contribution in [0.25, 0.3) is 5.65 Å². The van der Waals surface area contributed by atoms with Gasteiger partial charge in [0.15, 0.2) is 11.5 Å². The first-order chi connectivity index (χ1) is 9.13. The summed E-state index contributed by atoms with van der Waals surface area (Å²) in [5.41, 5.74) is 1.76. The highest BCUT2D eigenvalue weighted by atomic mass is 32.2. The Kier molecular flexibility index (Phi) is 3.54. The molecule has 2 aromatic heterocycles. The number of fused-ring (bicyclic) bond motifs is 1. The van der Waals surface area contributed by atoms with Gasteiger partial charge in [-0.05, 0) is 32.9 Å². The highest BCUT2D eigenvalue weighted by Crippen LogP contribution is 2.29. The van der Waals surface area contributed by atoms with E-state index in [1.165, 1.54) is 0 Å². The highest BCUT2D eigenvalue weighted by molar-refractivity contribution is 7.98. The molecule has 0 fully saturated rings. The van der Waals surface area contributed by atoms with E-state index in [2.05, 4.69) is 36.8 Å². The summed E-state index contributed by atoms with van der Waals surface area (Å²) in [6, 6.07) is 3.89. The average Bonchev–Trinajstić information content (AvgIpc) is 2.68. The van der Waals surface area contributed by atoms with Crippen LogP contribution in [0.3, 0.4) is 0 Å². The Morgan fingerprint density at radius 1 is 1.35 bits per heavy atom. The smallest absolute Gasteiger partial charge is 0.200 e. The van der Waals surface area contributed by atoms with Gasteiger partial charge in [0.1, 0.15) is 0 Å². The first-order valence-electron chi connectivity index (χ1n) is 6.35. The number of ether oxygens (including phenoxy) is 1. The molecule has 1 unspecified atom stereocenters. The maximum Gasteiger partial charge on any atom is 0.200 e. The van der Waals surface area contributed by atoms with Crippen LogP contribution in [-0.2, 0) is 20.7 Å². The molecule has 110 valence electrons. The average molecular weight is 295 g/mol. The van der Waals surface area contributed by atoms with Crippen LogP contribution in [0.15, 0.2) is 12.1 Å². The van der Waals surface area contributed by atoms with Gasteiger partial charge in [-0.2, -0.15) is 0 Å². The SMILES string of the molecule is C=S(C)(=O)Cc1nnc2c(C(C)(C)C)ccc(OC)n12. The number of rotatable bonds is 3. The first-order valence-corrected chi connectivity index (χ1v) is 8.65. The largest absolute Gasteiger partial charge is 0.482 e. The summed E-state index contributed by atoms with van der Waals surface area (Å²) >= 11 is 0. The maximum atomic E-state index is 11.9. The summed E-state index contributed by atoms with van der Waals surface area (Å²) in [7, 11) is -0.591. The number of hydrogen-bond acceptors (Lipinski definition) is 4. The van der Waals surface area contributed by atoms with Crippen LogP contribution < -0.4 is 4.74 Å². The first kappa shape index (κ1) is 14.8. The second-order valence-electron chi connectivity index (χ2n) is 6.14. The zero-order chi connectivity index (χ0) is 15.1. The summed E-state index contributed by atoms with van der Waals surface area (Å²) in [5, 5.41) is 8.43. The molecule has 5 nitrogen and oxygen atoms in total. The number of nitrogens with zero attached hydrogens (tertiary/aromatic N) is 3. The van der Waals surface area contributed by atoms with Crippen LogP contribution in [0.5, 0.6) is 5.88 Å². The van der Waals surface area contributed by atoms with Gasteiger partial charge >= 0.3 is 0 Å². The van der Waals surface area contributed by atoms with E-state index in [1.54, 1.807) is 13.4 Å². The Bertz CT molecular complexity index is 740. The minimum atomic E-state index is -2.19. The van der Waals surface area contributed by atoms with Crippen molar-refractivity contribution in [2.24, 2.45) is 0 Å². The van der Waals surface area contributed by atoms with E-state index < -0.39 is 9.52 Å². The van der Waals surface area contributed by atoms with Crippen molar-refractivity contribution in [2.75, 3.05) is 13.4 Å². The topological polar surface area (TPSA) is 56.5 Å². The molecule has 0 radical (unpaired) electrons. The number of pyridine rings is 1. The fourth-order valence-electron chi connectivity index (χ4n) is 2.14. The zero-order valence-corrected chi connectivity index (χ0v) is 13.5. The van der Waals surface area contributed by atoms with Crippen molar-refractivity contribution in [3.05, 3.63) is 23.5 Å². The van der Waals surface area contributed by atoms with Crippen molar-refractivity contribution in [2.45, 2.75) is 31.9 Å². The fraction of sp³-hybridized carbons (Fsp3) is 0.500. The highest BCUT2D eigenvalue weighted by Gasteiger charge is 2.22. The van der Waals surface area contributed by atoms with E-state index in [0.717, 1.165) is 11.2 Å². The van der Waals surface area contributed by atoms with E-state index in [9.17, 15) is 4.21 Å². The Labute approximate surface area is 120 Å². The quantitative estimate of drug-likeness (QED) is 0.811. The maximum absolute atomic E-state index is 11.9. The van der Waals surface area contributed by atoms with Crippen molar-refractivity contribution in [3.63, 3.8) is 0 Å². The number of aromatic nitrogens is 3. The Hall–Kier alpha value is -1.56. The molecular formula is C14H21N3O2S. The molecule has 2 rings (SSSR count). The van der Waals surface area contributed by atoms with Crippen LogP contribution in [0.1, 0.15) is 32.2 Å². The van der Waals surface area contributed by atoms with E-state index in [-0.39, 0.29) is 11.2 Å². The van der Waals surface area contributed by atoms with Crippen LogP contribution in [0.4, 0.5) is 0 Å². The molecule has 6 heteroatoms. The van der Waals surface area contributed by atoms with E-state index in [0.29, 0.717) is 11.7 Å². The lowest BCUT2D eigenvalue weighted by atomic mass is 9.88. The molecule has 2 heterocycles. The molecule has 20 heavy (non-hydrogen) atoms. The molecular weight excluding hydrogens is 274 g/mol. The van der Waals surface area contributed by atoms with Gasteiger partial charge in [0, 0.05) is 11.8 Å². The van der Waals surface area contributed by atoms with Crippen LogP contribution in [0.2, 0.25) is 0 Å². The van der Waals surface area contributed by atoms with Gasteiger partial charge in [0.05, 0.1) is 12.9 Å². The summed E-state index contributed by atoms with van der Waals surface area (Å²) in [6.07, 6.45) is 1.62. The second-order valence-corrected chi connectivity index (χ2v) is 8.80. The third-order valence-corrected chi connectivity index (χ3v) is 3.90. The van der Waals surface area contributed by atoms with Crippen molar-refractivity contribution < 1.29 is 8.95 Å². The third kappa shape index (κ3) is 2.80. The van der Waals surface area contributed by atoms with E-state index in [1.807, 2.05) is 16.5 Å². The van der Waals surface area contributed by atoms with Crippen LogP contribution in [0, 0.1) is 0 Å². The molecule has 0 aliphatic rings. The molecule has 0 N–H and O–H groups in total. The van der Waals surface area contributed by atoms with Gasteiger partial charge < -0.3 is 4.74 Å². The fourth-order valence-corrected chi connectivity index (χ4v) is 2.87. The normalized spacial score (nSPS) is 15.2. The van der Waals surface area contributed by atoms with Crippen molar-refractivity contribution in [1.29, 1.82) is 0 Å². The molecule has 0 bridgehead atoms. The molecule has 0 aliphatic carbocycles. The molecule has 0 saturated heterocycles. The standard InChI is InChI=1S/C14H21N3O2S/c1-14(2,3)10-7-8-12(19-4)17-11(9-20(5,6)18)15-16-13(10)17/h7-8H,5,9H2,1-4,6H3. The van der Waals surface area contributed by atoms with Gasteiger partial charge in [0.2, 0.25) is 5.88 Å². The van der Waals surface area contributed by atoms with Gasteiger partial charge in [-0.15, -0.1) is 10.2 Å². The van der Waals surface area contributed by atoms with Gasteiger partial charge in [-0.1, -0.05) is 20.8 Å². The van der Waals surface area contributed by atoms with Crippen LogP contribution >= 0.6 is 0 Å². The molecule has 0 amide bonds. The molecule has 1 atom stereocenters. The number of methoxy groups -OCH3 is 1. The minimum absolute atomic E-state index is 0.0596. The lowest BCUT2D eigenvalue weighted by molar-refractivity contribution is 0.390. The predicted molar refractivity (Wildman–Crippen MR) is 83.1 cm³/mol. The molecule has 0 saturated carbocycles. The second kappa shape index (κ2) is 4.77. The molecule has 0 spiro atoms. The Balaban J connectivity index is 2.75. The number of hydrogen-bond donors (Lipinski definition) is 0. The predicted octanol–water partition coefficient (Wildman–Crippen LogP) is 1.88. The summed E-state index contributed by atoms with van der Waals surface area (Å²) < 4.78 is 19.2. The molecule has 2 aromatic rings. The van der Waals surface area contributed by atoms with Gasteiger partial charge in [0.25, 0.3) is 0 Å². The third-order valence-electron chi connectivity index (χ3n) is 3.04. The Morgan fingerprint density at radius 3 is 2.50 bits per heavy atom. The van der Waals surface area contributed by atoms with Gasteiger partial charge in [-0.25, -0.2) is 4.40 Å². The minimum Gasteiger partial charge on any atom is -0.482 e. The summed E-state index contributed by atoms with van der Waals surface area (Å²) in [5.74, 6) is 5.21. The van der Waals surface area contributed by atoms with Crippen LogP contribution in [-0.4, -0.2) is 38.0 Å². The molecule has 0 aliphatic heterocycles. The summed E-state index contributed by atoms with van der Waals surface area (Å²) in [4.78, 5) is 0. The summed E-state index contributed by atoms with van der Waals surface area (Å²) in [6.45, 7) is 6.36. The van der Waals surface area contributed by atoms with Crippen molar-refractivity contribution in [3.8, 4) is 5.88 Å². The lowest BCUT2D eigenvalue weighted by Crippen LogP contribution is -2.14. The zero-order valence-electron chi connectivity index (χ0n) is 12.6. The Morgan fingerprint density at radius 2 is 2.00 bits per heavy atom. The molecule has 0 aromatic carbocycles. The van der Waals surface area contributed by atoms with Crippen molar-refractivity contribution >= 4 is 21.0 Å². The lowest BCUT2D eigenvalue weighted by Gasteiger charge is -2.20. The monoisotopic (exact) mass is 295 g/mol. The van der Waals surface area contributed by atoms with Gasteiger partial charge in [-0.3, -0.25) is 4.21 Å². The van der Waals surface area contributed by atoms with E-state index in [4.69, 9.17) is 4.74 Å². The van der Waals surface area contributed by atoms with Crippen molar-refractivity contribution in [1.82, 2.24) is 14.6 Å². The van der Waals surface area contributed by atoms with E-state index >= 15 is 0 Å².